The Morgan fingerprint density at radius 2 is 1.81 bits per heavy atom. The Labute approximate surface area is 184 Å². The lowest BCUT2D eigenvalue weighted by Gasteiger charge is -2.31. The topological polar surface area (TPSA) is 67.9 Å². The normalized spacial score (nSPS) is 13.4. The molecule has 1 aliphatic heterocycles. The van der Waals surface area contributed by atoms with Gasteiger partial charge in [-0.05, 0) is 49.9 Å². The van der Waals surface area contributed by atoms with Crippen molar-refractivity contribution in [2.24, 2.45) is 0 Å². The second kappa shape index (κ2) is 10.8. The predicted octanol–water partition coefficient (Wildman–Crippen LogP) is 3.64. The summed E-state index contributed by atoms with van der Waals surface area (Å²) >= 11 is 0. The van der Waals surface area contributed by atoms with Crippen molar-refractivity contribution in [2.45, 2.75) is 52.6 Å². The summed E-state index contributed by atoms with van der Waals surface area (Å²) in [6.45, 7) is 7.90. The number of nitrogens with one attached hydrogen (secondary N) is 1. The van der Waals surface area contributed by atoms with E-state index in [1.807, 2.05) is 57.2 Å². The standard InChI is InChI=1S/C25H32N2O4/c1-4-21(25(29)26-5-2)27(17-20-8-6-7-18(3)15-20)24(28)12-10-19-9-11-22-23(16-19)31-14-13-30-22/h6-9,11,15-16,21H,4-5,10,12-14,17H2,1-3H3,(H,26,29)/t21-/m1/s1. The van der Waals surface area contributed by atoms with Crippen molar-refractivity contribution < 1.29 is 19.1 Å². The third-order valence-electron chi connectivity index (χ3n) is 5.41. The average Bonchev–Trinajstić information content (AvgIpc) is 2.77. The molecule has 0 saturated heterocycles. The minimum Gasteiger partial charge on any atom is -0.486 e. The maximum Gasteiger partial charge on any atom is 0.242 e. The molecule has 0 fully saturated rings. The number of ether oxygens (including phenoxy) is 2. The first-order chi connectivity index (χ1) is 15.0. The molecular weight excluding hydrogens is 392 g/mol. The summed E-state index contributed by atoms with van der Waals surface area (Å²) in [6, 6.07) is 13.4. The highest BCUT2D eigenvalue weighted by Gasteiger charge is 2.28. The second-order valence-electron chi connectivity index (χ2n) is 7.81. The number of fused-ring (bicyclic) bond motifs is 1. The maximum atomic E-state index is 13.3. The van der Waals surface area contributed by atoms with Crippen LogP contribution < -0.4 is 14.8 Å². The van der Waals surface area contributed by atoms with Crippen molar-refractivity contribution in [3.8, 4) is 11.5 Å². The molecule has 3 rings (SSSR count). The van der Waals surface area contributed by atoms with Crippen LogP contribution in [0.2, 0.25) is 0 Å². The van der Waals surface area contributed by atoms with Crippen LogP contribution in [0.1, 0.15) is 43.4 Å². The number of rotatable bonds is 9. The van der Waals surface area contributed by atoms with Crippen LogP contribution in [0.4, 0.5) is 0 Å². The predicted molar refractivity (Wildman–Crippen MR) is 120 cm³/mol. The minimum atomic E-state index is -0.492. The van der Waals surface area contributed by atoms with Gasteiger partial charge in [-0.1, -0.05) is 42.8 Å². The van der Waals surface area contributed by atoms with Crippen LogP contribution in [-0.2, 0) is 22.6 Å². The molecule has 2 amide bonds. The number of benzene rings is 2. The second-order valence-corrected chi connectivity index (χ2v) is 7.81. The fourth-order valence-corrected chi connectivity index (χ4v) is 3.86. The van der Waals surface area contributed by atoms with E-state index in [0.29, 0.717) is 45.6 Å². The van der Waals surface area contributed by atoms with Crippen molar-refractivity contribution in [1.29, 1.82) is 0 Å². The van der Waals surface area contributed by atoms with Crippen molar-refractivity contribution in [3.05, 3.63) is 59.2 Å². The highest BCUT2D eigenvalue weighted by Crippen LogP contribution is 2.31. The van der Waals surface area contributed by atoms with Gasteiger partial charge in [-0.15, -0.1) is 0 Å². The third kappa shape index (κ3) is 6.00. The number of carbonyl (C=O) groups is 2. The summed E-state index contributed by atoms with van der Waals surface area (Å²) in [5.74, 6) is 1.33. The van der Waals surface area contributed by atoms with E-state index in [1.54, 1.807) is 4.90 Å². The number of hydrogen-bond donors (Lipinski definition) is 1. The first kappa shape index (κ1) is 22.7. The Morgan fingerprint density at radius 1 is 1.03 bits per heavy atom. The van der Waals surface area contributed by atoms with E-state index < -0.39 is 6.04 Å². The summed E-state index contributed by atoms with van der Waals surface area (Å²) in [5.41, 5.74) is 3.17. The van der Waals surface area contributed by atoms with Crippen molar-refractivity contribution in [1.82, 2.24) is 10.2 Å². The molecule has 0 radical (unpaired) electrons. The number of carbonyl (C=O) groups excluding carboxylic acids is 2. The number of amides is 2. The fraction of sp³-hybridized carbons (Fsp3) is 0.440. The van der Waals surface area contributed by atoms with E-state index in [2.05, 4.69) is 11.4 Å². The molecule has 0 unspecified atom stereocenters. The van der Waals surface area contributed by atoms with Crippen LogP contribution in [0, 0.1) is 6.92 Å². The van der Waals surface area contributed by atoms with E-state index in [0.717, 1.165) is 28.2 Å². The molecule has 1 heterocycles. The highest BCUT2D eigenvalue weighted by molar-refractivity contribution is 5.87. The Morgan fingerprint density at radius 3 is 2.52 bits per heavy atom. The fourth-order valence-electron chi connectivity index (χ4n) is 3.86. The molecule has 0 aliphatic carbocycles. The molecule has 0 saturated carbocycles. The zero-order valence-corrected chi connectivity index (χ0v) is 18.6. The molecule has 31 heavy (non-hydrogen) atoms. The molecule has 6 heteroatoms. The van der Waals surface area contributed by atoms with Gasteiger partial charge in [-0.2, -0.15) is 0 Å². The van der Waals surface area contributed by atoms with Gasteiger partial charge in [0.05, 0.1) is 0 Å². The summed E-state index contributed by atoms with van der Waals surface area (Å²) in [6.07, 6.45) is 1.46. The van der Waals surface area contributed by atoms with Crippen LogP contribution in [0.15, 0.2) is 42.5 Å². The number of nitrogens with zero attached hydrogens (tertiary/aromatic N) is 1. The lowest BCUT2D eigenvalue weighted by Crippen LogP contribution is -2.49. The van der Waals surface area contributed by atoms with Crippen LogP contribution in [0.5, 0.6) is 11.5 Å². The molecule has 1 aliphatic rings. The molecule has 2 aromatic carbocycles. The van der Waals surface area contributed by atoms with Crippen LogP contribution in [-0.4, -0.2) is 42.5 Å². The van der Waals surface area contributed by atoms with E-state index in [1.165, 1.54) is 0 Å². The zero-order valence-electron chi connectivity index (χ0n) is 18.6. The first-order valence-corrected chi connectivity index (χ1v) is 11.0. The highest BCUT2D eigenvalue weighted by atomic mass is 16.6. The van der Waals surface area contributed by atoms with E-state index in [4.69, 9.17) is 9.47 Å². The molecule has 6 nitrogen and oxygen atoms in total. The van der Waals surface area contributed by atoms with Gasteiger partial charge in [-0.3, -0.25) is 9.59 Å². The Hall–Kier alpha value is -3.02. The largest absolute Gasteiger partial charge is 0.486 e. The third-order valence-corrected chi connectivity index (χ3v) is 5.41. The maximum absolute atomic E-state index is 13.3. The molecule has 166 valence electrons. The van der Waals surface area contributed by atoms with Gasteiger partial charge in [0.1, 0.15) is 19.3 Å². The molecule has 0 spiro atoms. The molecule has 1 N–H and O–H groups in total. The van der Waals surface area contributed by atoms with Gasteiger partial charge in [0, 0.05) is 19.5 Å². The molecule has 0 bridgehead atoms. The van der Waals surface area contributed by atoms with E-state index in [9.17, 15) is 9.59 Å². The number of hydrogen-bond acceptors (Lipinski definition) is 4. The van der Waals surface area contributed by atoms with Gasteiger partial charge in [0.2, 0.25) is 11.8 Å². The van der Waals surface area contributed by atoms with Gasteiger partial charge >= 0.3 is 0 Å². The summed E-state index contributed by atoms with van der Waals surface area (Å²) in [4.78, 5) is 27.7. The average molecular weight is 425 g/mol. The lowest BCUT2D eigenvalue weighted by molar-refractivity contribution is -0.141. The van der Waals surface area contributed by atoms with Gasteiger partial charge < -0.3 is 19.7 Å². The van der Waals surface area contributed by atoms with E-state index in [-0.39, 0.29) is 11.8 Å². The van der Waals surface area contributed by atoms with Gasteiger partial charge in [0.15, 0.2) is 11.5 Å². The molecule has 1 atom stereocenters. The minimum absolute atomic E-state index is 0.0329. The smallest absolute Gasteiger partial charge is 0.242 e. The van der Waals surface area contributed by atoms with Gasteiger partial charge in [0.25, 0.3) is 0 Å². The summed E-state index contributed by atoms with van der Waals surface area (Å²) < 4.78 is 11.2. The van der Waals surface area contributed by atoms with Crippen LogP contribution >= 0.6 is 0 Å². The van der Waals surface area contributed by atoms with Crippen molar-refractivity contribution in [2.75, 3.05) is 19.8 Å². The molecule has 2 aromatic rings. The quantitative estimate of drug-likeness (QED) is 0.667. The van der Waals surface area contributed by atoms with Crippen molar-refractivity contribution >= 4 is 11.8 Å². The van der Waals surface area contributed by atoms with Crippen molar-refractivity contribution in [3.63, 3.8) is 0 Å². The zero-order chi connectivity index (χ0) is 22.2. The van der Waals surface area contributed by atoms with E-state index >= 15 is 0 Å². The number of likely N-dealkylation sites (N-methyl/N-ethyl adjacent to an activating group) is 1. The van der Waals surface area contributed by atoms with Crippen LogP contribution in [0.3, 0.4) is 0 Å². The van der Waals surface area contributed by atoms with Crippen LogP contribution in [0.25, 0.3) is 0 Å². The Kier molecular flexibility index (Phi) is 7.93. The molecule has 0 aromatic heterocycles. The Balaban J connectivity index is 1.75. The van der Waals surface area contributed by atoms with Gasteiger partial charge in [-0.25, -0.2) is 0 Å². The Bertz CT molecular complexity index is 912. The number of aryl methyl sites for hydroxylation is 2. The SMILES string of the molecule is CCNC(=O)[C@@H](CC)N(Cc1cccc(C)c1)C(=O)CCc1ccc2c(c1)OCCO2. The summed E-state index contributed by atoms with van der Waals surface area (Å²) in [5, 5.41) is 2.87. The summed E-state index contributed by atoms with van der Waals surface area (Å²) in [7, 11) is 0. The molecular formula is C25H32N2O4. The first-order valence-electron chi connectivity index (χ1n) is 11.0. The lowest BCUT2D eigenvalue weighted by atomic mass is 10.0. The monoisotopic (exact) mass is 424 g/mol.